The van der Waals surface area contributed by atoms with Crippen LogP contribution in [0.4, 0.5) is 0 Å². The lowest BCUT2D eigenvalue weighted by molar-refractivity contribution is -0.131. The van der Waals surface area contributed by atoms with Gasteiger partial charge in [0.1, 0.15) is 0 Å². The van der Waals surface area contributed by atoms with E-state index in [0.29, 0.717) is 13.2 Å². The minimum Gasteiger partial charge on any atom is -0.394 e. The Morgan fingerprint density at radius 2 is 2.46 bits per heavy atom. The summed E-state index contributed by atoms with van der Waals surface area (Å²) in [5.41, 5.74) is -0.399. The zero-order valence-corrected chi connectivity index (χ0v) is 8.17. The third-order valence-electron chi connectivity index (χ3n) is 2.42. The average Bonchev–Trinajstić information content (AvgIpc) is 2.53. The number of ether oxygens (including phenoxy) is 1. The number of amides is 1. The van der Waals surface area contributed by atoms with E-state index < -0.39 is 5.41 Å². The SMILES string of the molecule is C[C@@H](CO)NC(=O)C1(C)CCOC1. The molecule has 0 spiro atoms. The van der Waals surface area contributed by atoms with Crippen LogP contribution in [0.3, 0.4) is 0 Å². The van der Waals surface area contributed by atoms with E-state index in [-0.39, 0.29) is 18.6 Å². The molecule has 2 N–H and O–H groups in total. The Morgan fingerprint density at radius 3 is 2.92 bits per heavy atom. The van der Waals surface area contributed by atoms with Gasteiger partial charge in [0.25, 0.3) is 0 Å². The molecular weight excluding hydrogens is 170 g/mol. The van der Waals surface area contributed by atoms with Crippen LogP contribution in [-0.4, -0.2) is 36.9 Å². The summed E-state index contributed by atoms with van der Waals surface area (Å²) in [5, 5.41) is 11.5. The number of nitrogens with one attached hydrogen (secondary N) is 1. The molecule has 1 saturated heterocycles. The number of aliphatic hydroxyl groups excluding tert-OH is 1. The summed E-state index contributed by atoms with van der Waals surface area (Å²) in [6.07, 6.45) is 0.761. The van der Waals surface area contributed by atoms with E-state index in [1.54, 1.807) is 6.92 Å². The van der Waals surface area contributed by atoms with Gasteiger partial charge in [0.05, 0.1) is 18.6 Å². The maximum Gasteiger partial charge on any atom is 0.228 e. The molecule has 4 heteroatoms. The quantitative estimate of drug-likeness (QED) is 0.649. The molecule has 0 aromatic heterocycles. The van der Waals surface area contributed by atoms with E-state index in [9.17, 15) is 4.79 Å². The van der Waals surface area contributed by atoms with Crippen LogP contribution < -0.4 is 5.32 Å². The highest BCUT2D eigenvalue weighted by Gasteiger charge is 2.37. The molecule has 1 rings (SSSR count). The van der Waals surface area contributed by atoms with Crippen molar-refractivity contribution >= 4 is 5.91 Å². The number of rotatable bonds is 3. The van der Waals surface area contributed by atoms with Crippen LogP contribution in [0.15, 0.2) is 0 Å². The van der Waals surface area contributed by atoms with Gasteiger partial charge in [-0.3, -0.25) is 4.79 Å². The van der Waals surface area contributed by atoms with Crippen molar-refractivity contribution in [1.29, 1.82) is 0 Å². The van der Waals surface area contributed by atoms with Crippen molar-refractivity contribution in [2.75, 3.05) is 19.8 Å². The first kappa shape index (κ1) is 10.5. The zero-order valence-electron chi connectivity index (χ0n) is 8.17. The van der Waals surface area contributed by atoms with Crippen molar-refractivity contribution in [3.8, 4) is 0 Å². The van der Waals surface area contributed by atoms with E-state index in [0.717, 1.165) is 6.42 Å². The highest BCUT2D eigenvalue weighted by Crippen LogP contribution is 2.27. The number of hydrogen-bond donors (Lipinski definition) is 2. The second kappa shape index (κ2) is 4.07. The van der Waals surface area contributed by atoms with Gasteiger partial charge >= 0.3 is 0 Å². The van der Waals surface area contributed by atoms with Crippen molar-refractivity contribution in [2.45, 2.75) is 26.3 Å². The third-order valence-corrected chi connectivity index (χ3v) is 2.42. The molecule has 1 unspecified atom stereocenters. The van der Waals surface area contributed by atoms with Crippen molar-refractivity contribution in [2.24, 2.45) is 5.41 Å². The maximum atomic E-state index is 11.6. The second-order valence-electron chi connectivity index (χ2n) is 3.92. The molecule has 1 fully saturated rings. The lowest BCUT2D eigenvalue weighted by Gasteiger charge is -2.22. The highest BCUT2D eigenvalue weighted by atomic mass is 16.5. The Bertz CT molecular complexity index is 187. The molecule has 0 aromatic carbocycles. The number of carbonyl (C=O) groups excluding carboxylic acids is 1. The van der Waals surface area contributed by atoms with Gasteiger partial charge in [-0.05, 0) is 20.3 Å². The fourth-order valence-corrected chi connectivity index (χ4v) is 1.29. The van der Waals surface area contributed by atoms with E-state index in [4.69, 9.17) is 9.84 Å². The van der Waals surface area contributed by atoms with Gasteiger partial charge in [-0.2, -0.15) is 0 Å². The van der Waals surface area contributed by atoms with Crippen molar-refractivity contribution < 1.29 is 14.6 Å². The summed E-state index contributed by atoms with van der Waals surface area (Å²) in [5.74, 6) is -0.0217. The summed E-state index contributed by atoms with van der Waals surface area (Å²) in [6, 6.07) is -0.176. The van der Waals surface area contributed by atoms with Gasteiger partial charge in [0.2, 0.25) is 5.91 Å². The summed E-state index contributed by atoms with van der Waals surface area (Å²) in [6.45, 7) is 4.77. The van der Waals surface area contributed by atoms with Gasteiger partial charge in [0.15, 0.2) is 0 Å². The van der Waals surface area contributed by atoms with Gasteiger partial charge in [-0.15, -0.1) is 0 Å². The molecule has 2 atom stereocenters. The van der Waals surface area contributed by atoms with E-state index in [1.807, 2.05) is 6.92 Å². The van der Waals surface area contributed by atoms with Gasteiger partial charge < -0.3 is 15.2 Å². The smallest absolute Gasteiger partial charge is 0.228 e. The first-order chi connectivity index (χ1) is 6.08. The van der Waals surface area contributed by atoms with Crippen LogP contribution in [0.25, 0.3) is 0 Å². The Labute approximate surface area is 78.3 Å². The monoisotopic (exact) mass is 187 g/mol. The van der Waals surface area contributed by atoms with Gasteiger partial charge in [0, 0.05) is 12.6 Å². The molecule has 0 aliphatic carbocycles. The lowest BCUT2D eigenvalue weighted by atomic mass is 9.89. The molecule has 1 aliphatic rings. The molecule has 0 bridgehead atoms. The molecule has 1 aliphatic heterocycles. The second-order valence-corrected chi connectivity index (χ2v) is 3.92. The van der Waals surface area contributed by atoms with Crippen LogP contribution in [0, 0.1) is 5.41 Å². The van der Waals surface area contributed by atoms with Crippen LogP contribution >= 0.6 is 0 Å². The Kier molecular flexibility index (Phi) is 3.27. The summed E-state index contributed by atoms with van der Waals surface area (Å²) >= 11 is 0. The fourth-order valence-electron chi connectivity index (χ4n) is 1.29. The van der Waals surface area contributed by atoms with Crippen molar-refractivity contribution in [3.05, 3.63) is 0 Å². The molecule has 0 radical (unpaired) electrons. The molecule has 0 aromatic rings. The summed E-state index contributed by atoms with van der Waals surface area (Å²) < 4.78 is 5.17. The predicted molar refractivity (Wildman–Crippen MR) is 48.2 cm³/mol. The number of aliphatic hydroxyl groups is 1. The molecule has 1 heterocycles. The van der Waals surface area contributed by atoms with E-state index in [2.05, 4.69) is 5.32 Å². The van der Waals surface area contributed by atoms with Crippen LogP contribution in [0.1, 0.15) is 20.3 Å². The average molecular weight is 187 g/mol. The Hall–Kier alpha value is -0.610. The lowest BCUT2D eigenvalue weighted by Crippen LogP contribution is -2.44. The normalized spacial score (nSPS) is 30.1. The Morgan fingerprint density at radius 1 is 1.77 bits per heavy atom. The standard InChI is InChI=1S/C9H17NO3/c1-7(5-11)10-8(12)9(2)3-4-13-6-9/h7,11H,3-6H2,1-2H3,(H,10,12)/t7-,9?/m0/s1. The molecule has 0 saturated carbocycles. The minimum absolute atomic E-state index is 0.0217. The minimum atomic E-state index is -0.399. The predicted octanol–water partition coefficient (Wildman–Crippen LogP) is -0.0900. The van der Waals surface area contributed by atoms with E-state index in [1.165, 1.54) is 0 Å². The van der Waals surface area contributed by atoms with Gasteiger partial charge in [-0.25, -0.2) is 0 Å². The first-order valence-electron chi connectivity index (χ1n) is 4.58. The third kappa shape index (κ3) is 2.42. The van der Waals surface area contributed by atoms with Crippen LogP contribution in [-0.2, 0) is 9.53 Å². The summed E-state index contributed by atoms with van der Waals surface area (Å²) in [4.78, 5) is 11.6. The van der Waals surface area contributed by atoms with Crippen LogP contribution in [0.5, 0.6) is 0 Å². The molecular formula is C9H17NO3. The van der Waals surface area contributed by atoms with Crippen molar-refractivity contribution in [3.63, 3.8) is 0 Å². The molecule has 1 amide bonds. The van der Waals surface area contributed by atoms with Crippen LogP contribution in [0.2, 0.25) is 0 Å². The van der Waals surface area contributed by atoms with Gasteiger partial charge in [-0.1, -0.05) is 0 Å². The zero-order chi connectivity index (χ0) is 9.90. The molecule has 4 nitrogen and oxygen atoms in total. The summed E-state index contributed by atoms with van der Waals surface area (Å²) in [7, 11) is 0. The van der Waals surface area contributed by atoms with Crippen molar-refractivity contribution in [1.82, 2.24) is 5.32 Å². The Balaban J connectivity index is 2.46. The molecule has 13 heavy (non-hydrogen) atoms. The maximum absolute atomic E-state index is 11.6. The number of carbonyl (C=O) groups is 1. The highest BCUT2D eigenvalue weighted by molar-refractivity contribution is 5.82. The largest absolute Gasteiger partial charge is 0.394 e. The van der Waals surface area contributed by atoms with E-state index >= 15 is 0 Å². The number of hydrogen-bond acceptors (Lipinski definition) is 3. The first-order valence-corrected chi connectivity index (χ1v) is 4.58. The fraction of sp³-hybridized carbons (Fsp3) is 0.889. The topological polar surface area (TPSA) is 58.6 Å². The molecule has 76 valence electrons.